The van der Waals surface area contributed by atoms with Crippen molar-refractivity contribution in [3.8, 4) is 23.3 Å². The van der Waals surface area contributed by atoms with Crippen LogP contribution in [0.4, 0.5) is 0 Å². The first-order chi connectivity index (χ1) is 7.58. The van der Waals surface area contributed by atoms with E-state index < -0.39 is 5.91 Å². The standard InChI is InChI=1S/C11H9NO4/c1-16-10-5-7(2-3-11(12)15)8(6-13)4-9(10)14/h4-6,14H,1H3,(H2,12,15). The predicted molar refractivity (Wildman–Crippen MR) is 56.1 cm³/mol. The highest BCUT2D eigenvalue weighted by Crippen LogP contribution is 2.28. The fourth-order valence-corrected chi connectivity index (χ4v) is 1.08. The van der Waals surface area contributed by atoms with Crippen molar-refractivity contribution in [2.24, 2.45) is 5.73 Å². The second-order valence-electron chi connectivity index (χ2n) is 2.84. The summed E-state index contributed by atoms with van der Waals surface area (Å²) >= 11 is 0. The third-order valence-electron chi connectivity index (χ3n) is 1.80. The van der Waals surface area contributed by atoms with Crippen LogP contribution in [0.2, 0.25) is 0 Å². The molecule has 1 amide bonds. The van der Waals surface area contributed by atoms with Gasteiger partial charge in [-0.05, 0) is 6.07 Å². The fraction of sp³-hybridized carbons (Fsp3) is 0.0909. The number of carbonyl (C=O) groups is 2. The number of aldehydes is 1. The lowest BCUT2D eigenvalue weighted by molar-refractivity contribution is -0.112. The van der Waals surface area contributed by atoms with Crippen molar-refractivity contribution >= 4 is 12.2 Å². The monoisotopic (exact) mass is 219 g/mol. The Balaban J connectivity index is 3.32. The number of methoxy groups -OCH3 is 1. The molecule has 0 saturated heterocycles. The first-order valence-corrected chi connectivity index (χ1v) is 4.26. The lowest BCUT2D eigenvalue weighted by Gasteiger charge is -2.05. The van der Waals surface area contributed by atoms with Gasteiger partial charge in [-0.3, -0.25) is 9.59 Å². The molecule has 0 unspecified atom stereocenters. The van der Waals surface area contributed by atoms with E-state index in [1.807, 2.05) is 0 Å². The predicted octanol–water partition coefficient (Wildman–Crippen LogP) is 0.0501. The lowest BCUT2D eigenvalue weighted by atomic mass is 10.1. The molecule has 0 heterocycles. The van der Waals surface area contributed by atoms with Crippen LogP contribution in [0, 0.1) is 11.8 Å². The Hall–Kier alpha value is -2.48. The largest absolute Gasteiger partial charge is 0.504 e. The van der Waals surface area contributed by atoms with Crippen LogP contribution in [-0.4, -0.2) is 24.4 Å². The molecule has 0 atom stereocenters. The normalized spacial score (nSPS) is 8.81. The second-order valence-corrected chi connectivity index (χ2v) is 2.84. The maximum absolute atomic E-state index is 10.7. The molecule has 0 aromatic heterocycles. The van der Waals surface area contributed by atoms with E-state index in [0.717, 1.165) is 0 Å². The topological polar surface area (TPSA) is 89.6 Å². The first kappa shape index (κ1) is 11.6. The molecule has 0 aliphatic carbocycles. The highest BCUT2D eigenvalue weighted by Gasteiger charge is 2.07. The van der Waals surface area contributed by atoms with E-state index in [1.165, 1.54) is 19.2 Å². The van der Waals surface area contributed by atoms with Gasteiger partial charge in [0, 0.05) is 23.1 Å². The molecule has 0 aliphatic heterocycles. The number of nitrogens with two attached hydrogens (primary N) is 1. The molecule has 16 heavy (non-hydrogen) atoms. The summed E-state index contributed by atoms with van der Waals surface area (Å²) in [6, 6.07) is 2.56. The quantitative estimate of drug-likeness (QED) is 0.543. The zero-order chi connectivity index (χ0) is 12.1. The summed E-state index contributed by atoms with van der Waals surface area (Å²) < 4.78 is 4.84. The highest BCUT2D eigenvalue weighted by atomic mass is 16.5. The Bertz CT molecular complexity index is 497. The number of phenolic OH excluding ortho intramolecular Hbond substituents is 1. The molecule has 0 fully saturated rings. The molecule has 0 bridgehead atoms. The molecule has 0 saturated carbocycles. The minimum Gasteiger partial charge on any atom is -0.504 e. The minimum atomic E-state index is -0.802. The van der Waals surface area contributed by atoms with Gasteiger partial charge in [-0.25, -0.2) is 0 Å². The number of carbonyl (C=O) groups excluding carboxylic acids is 2. The van der Waals surface area contributed by atoms with E-state index in [9.17, 15) is 14.7 Å². The van der Waals surface area contributed by atoms with Crippen LogP contribution < -0.4 is 10.5 Å². The highest BCUT2D eigenvalue weighted by molar-refractivity contribution is 5.93. The number of hydrogen-bond acceptors (Lipinski definition) is 4. The van der Waals surface area contributed by atoms with Crippen molar-refractivity contribution in [2.45, 2.75) is 0 Å². The van der Waals surface area contributed by atoms with E-state index in [-0.39, 0.29) is 22.6 Å². The molecule has 5 nitrogen and oxygen atoms in total. The van der Waals surface area contributed by atoms with Crippen LogP contribution in [0.1, 0.15) is 15.9 Å². The molecular formula is C11H9NO4. The van der Waals surface area contributed by atoms with Crippen molar-refractivity contribution in [2.75, 3.05) is 7.11 Å². The average Bonchev–Trinajstić information content (AvgIpc) is 2.26. The van der Waals surface area contributed by atoms with Gasteiger partial charge >= 0.3 is 0 Å². The number of amides is 1. The zero-order valence-electron chi connectivity index (χ0n) is 8.48. The summed E-state index contributed by atoms with van der Waals surface area (Å²) in [5.41, 5.74) is 5.28. The van der Waals surface area contributed by atoms with Crippen molar-refractivity contribution in [3.63, 3.8) is 0 Å². The van der Waals surface area contributed by atoms with Crippen LogP contribution in [0.3, 0.4) is 0 Å². The fourth-order valence-electron chi connectivity index (χ4n) is 1.08. The average molecular weight is 219 g/mol. The SMILES string of the molecule is COc1cc(C#CC(N)=O)c(C=O)cc1O. The molecule has 0 spiro atoms. The third kappa shape index (κ3) is 2.51. The van der Waals surface area contributed by atoms with E-state index >= 15 is 0 Å². The van der Waals surface area contributed by atoms with Gasteiger partial charge in [-0.2, -0.15) is 0 Å². The van der Waals surface area contributed by atoms with Gasteiger partial charge in [0.15, 0.2) is 17.8 Å². The molecule has 0 aliphatic rings. The van der Waals surface area contributed by atoms with E-state index in [0.29, 0.717) is 6.29 Å². The third-order valence-corrected chi connectivity index (χ3v) is 1.80. The van der Waals surface area contributed by atoms with Gasteiger partial charge in [-0.15, -0.1) is 0 Å². The number of aromatic hydroxyl groups is 1. The molecule has 5 heteroatoms. The van der Waals surface area contributed by atoms with Crippen LogP contribution in [0.25, 0.3) is 0 Å². The number of phenols is 1. The van der Waals surface area contributed by atoms with Gasteiger partial charge in [0.1, 0.15) is 0 Å². The Labute approximate surface area is 91.8 Å². The Morgan fingerprint density at radius 2 is 2.25 bits per heavy atom. The number of primary amides is 1. The molecule has 3 N–H and O–H groups in total. The lowest BCUT2D eigenvalue weighted by Crippen LogP contribution is -2.06. The number of hydrogen-bond donors (Lipinski definition) is 2. The number of benzene rings is 1. The zero-order valence-corrected chi connectivity index (χ0v) is 8.48. The van der Waals surface area contributed by atoms with E-state index in [2.05, 4.69) is 11.8 Å². The van der Waals surface area contributed by atoms with Crippen molar-refractivity contribution < 1.29 is 19.4 Å². The molecule has 1 rings (SSSR count). The van der Waals surface area contributed by atoms with Gasteiger partial charge in [0.25, 0.3) is 5.91 Å². The maximum Gasteiger partial charge on any atom is 0.293 e. The van der Waals surface area contributed by atoms with Crippen molar-refractivity contribution in [1.29, 1.82) is 0 Å². The summed E-state index contributed by atoms with van der Waals surface area (Å²) in [6.45, 7) is 0. The van der Waals surface area contributed by atoms with E-state index in [4.69, 9.17) is 10.5 Å². The van der Waals surface area contributed by atoms with Crippen LogP contribution in [-0.2, 0) is 4.79 Å². The van der Waals surface area contributed by atoms with Crippen molar-refractivity contribution in [3.05, 3.63) is 23.3 Å². The Morgan fingerprint density at radius 1 is 1.56 bits per heavy atom. The molecule has 1 aromatic rings. The summed E-state index contributed by atoms with van der Waals surface area (Å²) in [5.74, 6) is 3.71. The van der Waals surface area contributed by atoms with Crippen LogP contribution in [0.15, 0.2) is 12.1 Å². The van der Waals surface area contributed by atoms with Gasteiger partial charge in [0.05, 0.1) is 7.11 Å². The van der Waals surface area contributed by atoms with Crippen LogP contribution >= 0.6 is 0 Å². The van der Waals surface area contributed by atoms with Gasteiger partial charge in [0.2, 0.25) is 0 Å². The van der Waals surface area contributed by atoms with Gasteiger partial charge in [-0.1, -0.05) is 5.92 Å². The summed E-state index contributed by atoms with van der Waals surface area (Å²) in [5, 5.41) is 9.40. The second kappa shape index (κ2) is 4.84. The number of ether oxygens (including phenoxy) is 1. The van der Waals surface area contributed by atoms with Gasteiger partial charge < -0.3 is 15.6 Å². The molecular weight excluding hydrogens is 210 g/mol. The summed E-state index contributed by atoms with van der Waals surface area (Å²) in [7, 11) is 1.36. The molecule has 0 radical (unpaired) electrons. The van der Waals surface area contributed by atoms with Crippen molar-refractivity contribution in [1.82, 2.24) is 0 Å². The van der Waals surface area contributed by atoms with Crippen LogP contribution in [0.5, 0.6) is 11.5 Å². The minimum absolute atomic E-state index is 0.159. The molecule has 1 aromatic carbocycles. The first-order valence-electron chi connectivity index (χ1n) is 4.26. The van der Waals surface area contributed by atoms with E-state index in [1.54, 1.807) is 0 Å². The molecule has 82 valence electrons. The Morgan fingerprint density at radius 3 is 2.75 bits per heavy atom. The maximum atomic E-state index is 10.7. The summed E-state index contributed by atoms with van der Waals surface area (Å²) in [6.07, 6.45) is 0.518. The Kier molecular flexibility index (Phi) is 3.51. The smallest absolute Gasteiger partial charge is 0.293 e. The number of rotatable bonds is 2. The summed E-state index contributed by atoms with van der Waals surface area (Å²) in [4.78, 5) is 21.2.